The lowest BCUT2D eigenvalue weighted by atomic mass is 9.48. The molecule has 1 saturated heterocycles. The minimum Gasteiger partial charge on any atom is -0.457 e. The van der Waals surface area contributed by atoms with Crippen molar-refractivity contribution in [3.63, 3.8) is 0 Å². The molecule has 7 nitrogen and oxygen atoms in total. The van der Waals surface area contributed by atoms with Crippen molar-refractivity contribution >= 4 is 5.97 Å². The summed E-state index contributed by atoms with van der Waals surface area (Å²) < 4.78 is 35.2. The molecule has 3 aliphatic rings. The van der Waals surface area contributed by atoms with Crippen molar-refractivity contribution in [1.29, 1.82) is 0 Å². The van der Waals surface area contributed by atoms with Crippen LogP contribution in [0.5, 0.6) is 0 Å². The number of hydrogen-bond acceptors (Lipinski definition) is 7. The molecule has 7 heteroatoms. The van der Waals surface area contributed by atoms with E-state index in [-0.39, 0.29) is 25.5 Å². The van der Waals surface area contributed by atoms with Gasteiger partial charge in [0.2, 0.25) is 0 Å². The van der Waals surface area contributed by atoms with Crippen molar-refractivity contribution in [2.75, 3.05) is 34.4 Å². The topological polar surface area (TPSA) is 72.5 Å². The number of rotatable bonds is 11. The maximum Gasteiger partial charge on any atom is 0.336 e. The van der Waals surface area contributed by atoms with Crippen LogP contribution in [0.1, 0.15) is 32.3 Å². The highest BCUT2D eigenvalue weighted by Crippen LogP contribution is 2.67. The van der Waals surface area contributed by atoms with Crippen LogP contribution in [0.3, 0.4) is 0 Å². The van der Waals surface area contributed by atoms with Crippen molar-refractivity contribution in [3.05, 3.63) is 60.2 Å². The monoisotopic (exact) mass is 472 g/mol. The van der Waals surface area contributed by atoms with Crippen LogP contribution in [0.25, 0.3) is 0 Å². The average molecular weight is 473 g/mol. The highest BCUT2D eigenvalue weighted by Gasteiger charge is 2.73. The van der Waals surface area contributed by atoms with Gasteiger partial charge in [0.1, 0.15) is 25.3 Å². The number of benzene rings is 1. The fraction of sp³-hybridized carbons (Fsp3) is 0.593. The first-order chi connectivity index (χ1) is 16.4. The molecule has 34 heavy (non-hydrogen) atoms. The van der Waals surface area contributed by atoms with Gasteiger partial charge in [0.25, 0.3) is 0 Å². The Bertz CT molecular complexity index is 915. The van der Waals surface area contributed by atoms with Crippen LogP contribution in [-0.4, -0.2) is 58.2 Å². The molecule has 0 unspecified atom stereocenters. The van der Waals surface area contributed by atoms with Gasteiger partial charge in [-0.1, -0.05) is 49.4 Å². The highest BCUT2D eigenvalue weighted by molar-refractivity contribution is 5.79. The van der Waals surface area contributed by atoms with Crippen LogP contribution in [0.2, 0.25) is 0 Å². The second kappa shape index (κ2) is 9.91. The average Bonchev–Trinajstić information content (AvgIpc) is 3.16. The van der Waals surface area contributed by atoms with Gasteiger partial charge in [-0.3, -0.25) is 0 Å². The zero-order chi connectivity index (χ0) is 24.4. The zero-order valence-electron chi connectivity index (χ0n) is 20.6. The second-order valence-electron chi connectivity index (χ2n) is 9.69. The number of carbonyl (C=O) groups excluding carboxylic acids is 1. The Balaban J connectivity index is 1.77. The van der Waals surface area contributed by atoms with Crippen molar-refractivity contribution in [2.45, 2.75) is 51.1 Å². The van der Waals surface area contributed by atoms with Gasteiger partial charge in [-0.05, 0) is 30.4 Å². The Morgan fingerprint density at radius 2 is 1.91 bits per heavy atom. The third-order valence-corrected chi connectivity index (χ3v) is 8.12. The van der Waals surface area contributed by atoms with Gasteiger partial charge in [0.05, 0.1) is 18.6 Å². The van der Waals surface area contributed by atoms with Gasteiger partial charge in [-0.25, -0.2) is 4.79 Å². The normalized spacial score (nSPS) is 36.5. The van der Waals surface area contributed by atoms with Crippen LogP contribution >= 0.6 is 0 Å². The SMILES string of the molecule is C=C[C@]1(COCc2ccccc2)C2=CC[C@@H](C)[C@]23C[C@@H](OC(=O)[C@@H]3OCOC)[C@]1(C)OCOC. The molecular weight excluding hydrogens is 436 g/mol. The summed E-state index contributed by atoms with van der Waals surface area (Å²) in [6, 6.07) is 10.0. The Morgan fingerprint density at radius 1 is 1.18 bits per heavy atom. The zero-order valence-corrected chi connectivity index (χ0v) is 20.6. The second-order valence-corrected chi connectivity index (χ2v) is 9.69. The summed E-state index contributed by atoms with van der Waals surface area (Å²) >= 11 is 0. The van der Waals surface area contributed by atoms with Gasteiger partial charge < -0.3 is 28.4 Å². The van der Waals surface area contributed by atoms with Crippen LogP contribution < -0.4 is 0 Å². The van der Waals surface area contributed by atoms with Crippen molar-refractivity contribution in [3.8, 4) is 0 Å². The van der Waals surface area contributed by atoms with E-state index in [1.165, 1.54) is 0 Å². The van der Waals surface area contributed by atoms with Crippen molar-refractivity contribution in [2.24, 2.45) is 16.7 Å². The largest absolute Gasteiger partial charge is 0.457 e. The van der Waals surface area contributed by atoms with Crippen LogP contribution in [0.4, 0.5) is 0 Å². The van der Waals surface area contributed by atoms with E-state index in [1.54, 1.807) is 14.2 Å². The third kappa shape index (κ3) is 3.74. The van der Waals surface area contributed by atoms with Crippen LogP contribution in [0.15, 0.2) is 54.6 Å². The van der Waals surface area contributed by atoms with Gasteiger partial charge >= 0.3 is 5.97 Å². The number of esters is 1. The van der Waals surface area contributed by atoms with Crippen molar-refractivity contribution < 1.29 is 33.2 Å². The standard InChI is InChI=1S/C27H36O7/c1-6-26(16-31-15-20-10-8-7-9-11-20)21-13-12-19(2)27(21)14-22(25(26,3)33-18-30-5)34-24(28)23(27)32-17-29-4/h6-11,13,19,22-23H,1,12,14-18H2,2-5H3/t19-,22-,23+,25+,26+,27-/m1/s1. The fourth-order valence-electron chi connectivity index (χ4n) is 6.25. The highest BCUT2D eigenvalue weighted by atomic mass is 16.7. The van der Waals surface area contributed by atoms with Crippen LogP contribution in [-0.2, 0) is 39.8 Å². The van der Waals surface area contributed by atoms with E-state index in [4.69, 9.17) is 28.4 Å². The summed E-state index contributed by atoms with van der Waals surface area (Å²) in [5, 5.41) is 0. The first-order valence-electron chi connectivity index (χ1n) is 11.8. The van der Waals surface area contributed by atoms with E-state index < -0.39 is 28.6 Å². The van der Waals surface area contributed by atoms with Gasteiger partial charge in [0, 0.05) is 26.1 Å². The first-order valence-corrected chi connectivity index (χ1v) is 11.8. The molecule has 2 fully saturated rings. The molecule has 1 aromatic carbocycles. The molecular formula is C27H36O7. The van der Waals surface area contributed by atoms with E-state index >= 15 is 0 Å². The molecule has 186 valence electrons. The van der Waals surface area contributed by atoms with E-state index in [1.807, 2.05) is 43.3 Å². The molecule has 0 radical (unpaired) electrons. The lowest BCUT2D eigenvalue weighted by Crippen LogP contribution is -2.72. The van der Waals surface area contributed by atoms with E-state index in [0.717, 1.165) is 17.6 Å². The molecule has 0 N–H and O–H groups in total. The summed E-state index contributed by atoms with van der Waals surface area (Å²) in [5.74, 6) is -0.219. The molecule has 2 bridgehead atoms. The quantitative estimate of drug-likeness (QED) is 0.274. The van der Waals surface area contributed by atoms with Crippen molar-refractivity contribution in [1.82, 2.24) is 0 Å². The summed E-state index contributed by atoms with van der Waals surface area (Å²) in [6.45, 7) is 9.22. The lowest BCUT2D eigenvalue weighted by molar-refractivity contribution is -0.279. The van der Waals surface area contributed by atoms with Gasteiger partial charge in [-0.15, -0.1) is 6.58 Å². The van der Waals surface area contributed by atoms with E-state index in [0.29, 0.717) is 19.6 Å². The molecule has 1 spiro atoms. The maximum atomic E-state index is 13.3. The number of methoxy groups -OCH3 is 2. The number of carbonyl (C=O) groups is 1. The Morgan fingerprint density at radius 3 is 2.59 bits per heavy atom. The smallest absolute Gasteiger partial charge is 0.336 e. The number of hydrogen-bond donors (Lipinski definition) is 0. The maximum absolute atomic E-state index is 13.3. The van der Waals surface area contributed by atoms with E-state index in [2.05, 4.69) is 19.6 Å². The van der Waals surface area contributed by atoms with Gasteiger partial charge in [0.15, 0.2) is 6.10 Å². The summed E-state index contributed by atoms with van der Waals surface area (Å²) in [5.41, 5.74) is -0.109. The van der Waals surface area contributed by atoms with E-state index in [9.17, 15) is 4.79 Å². The van der Waals surface area contributed by atoms with Crippen LogP contribution in [0, 0.1) is 16.7 Å². The molecule has 1 aromatic rings. The summed E-state index contributed by atoms with van der Waals surface area (Å²) in [4.78, 5) is 13.3. The molecule has 0 aromatic heterocycles. The number of ether oxygens (including phenoxy) is 6. The number of allylic oxidation sites excluding steroid dienone is 1. The Labute approximate surface area is 202 Å². The Hall–Kier alpha value is -2.03. The molecule has 1 aliphatic heterocycles. The molecule has 6 atom stereocenters. The predicted octanol–water partition coefficient (Wildman–Crippen LogP) is 4.03. The minimum atomic E-state index is -0.942. The third-order valence-electron chi connectivity index (χ3n) is 8.12. The first kappa shape index (κ1) is 25.1. The summed E-state index contributed by atoms with van der Waals surface area (Å²) in [7, 11) is 3.13. The fourth-order valence-corrected chi connectivity index (χ4v) is 6.25. The predicted molar refractivity (Wildman–Crippen MR) is 126 cm³/mol. The number of fused-ring (bicyclic) bond motifs is 1. The summed E-state index contributed by atoms with van der Waals surface area (Å²) in [6.07, 6.45) is 4.25. The molecule has 2 aliphatic carbocycles. The molecule has 1 heterocycles. The molecule has 4 rings (SSSR count). The lowest BCUT2D eigenvalue weighted by Gasteiger charge is -2.63. The molecule has 0 amide bonds. The molecule has 1 saturated carbocycles. The minimum absolute atomic E-state index is 0.00915. The Kier molecular flexibility index (Phi) is 7.31. The van der Waals surface area contributed by atoms with Gasteiger partial charge in [-0.2, -0.15) is 0 Å².